The lowest BCUT2D eigenvalue weighted by molar-refractivity contribution is -0.148. The number of fused-ring (bicyclic) bond motifs is 3. The molecular formula is C46H55FN6O6. The Hall–Kier alpha value is -4.95. The quantitative estimate of drug-likeness (QED) is 0.113. The molecule has 4 heterocycles. The number of amides is 1. The van der Waals surface area contributed by atoms with Gasteiger partial charge < -0.3 is 34.9 Å². The van der Waals surface area contributed by atoms with E-state index in [1.54, 1.807) is 19.4 Å². The molecule has 3 fully saturated rings. The number of carboxylic acids is 1. The lowest BCUT2D eigenvalue weighted by Crippen LogP contribution is -2.46. The van der Waals surface area contributed by atoms with Gasteiger partial charge in [-0.3, -0.25) is 19.5 Å². The van der Waals surface area contributed by atoms with Gasteiger partial charge in [0.1, 0.15) is 17.3 Å². The summed E-state index contributed by atoms with van der Waals surface area (Å²) in [5.74, 6) is -0.544. The summed E-state index contributed by atoms with van der Waals surface area (Å²) in [6.07, 6.45) is 9.38. The Morgan fingerprint density at radius 1 is 1.10 bits per heavy atom. The largest absolute Gasteiger partial charge is 0.496 e. The van der Waals surface area contributed by atoms with Gasteiger partial charge in [0, 0.05) is 75.0 Å². The van der Waals surface area contributed by atoms with Gasteiger partial charge in [0.25, 0.3) is 5.91 Å². The number of rotatable bonds is 13. The van der Waals surface area contributed by atoms with E-state index in [-0.39, 0.29) is 23.1 Å². The van der Waals surface area contributed by atoms with Crippen LogP contribution >= 0.6 is 0 Å². The van der Waals surface area contributed by atoms with Crippen LogP contribution in [0.2, 0.25) is 0 Å². The fraction of sp³-hybridized carbons (Fsp3) is 0.478. The molecule has 8 rings (SSSR count). The SMILES string of the molecule is COc1cc(/C(F)=C/c2cccc(-c3cccc(NC(=O)c4nc5c(n4C)CCN(CCC46CCC(C(=O)O)(CC4)C6)C5)c3C)c2C)ncc1CN[C@H]1CCOC[C@@H]1O. The molecule has 2 saturated carbocycles. The molecule has 0 radical (unpaired) electrons. The molecule has 59 heavy (non-hydrogen) atoms. The Bertz CT molecular complexity index is 2280. The summed E-state index contributed by atoms with van der Waals surface area (Å²) >= 11 is 0. The Morgan fingerprint density at radius 3 is 2.59 bits per heavy atom. The minimum atomic E-state index is -0.623. The highest BCUT2D eigenvalue weighted by molar-refractivity contribution is 6.03. The van der Waals surface area contributed by atoms with Gasteiger partial charge in [-0.25, -0.2) is 9.37 Å². The van der Waals surface area contributed by atoms with E-state index in [1.807, 2.05) is 61.9 Å². The maximum atomic E-state index is 15.9. The lowest BCUT2D eigenvalue weighted by atomic mass is 9.80. The van der Waals surface area contributed by atoms with Crippen LogP contribution in [0.4, 0.5) is 10.1 Å². The summed E-state index contributed by atoms with van der Waals surface area (Å²) in [6.45, 7) is 7.67. The van der Waals surface area contributed by atoms with Gasteiger partial charge in [0.15, 0.2) is 5.82 Å². The molecular weight excluding hydrogens is 752 g/mol. The number of methoxy groups -OCH3 is 1. The molecule has 13 heteroatoms. The van der Waals surface area contributed by atoms with Crippen LogP contribution < -0.4 is 15.4 Å². The Balaban J connectivity index is 0.938. The van der Waals surface area contributed by atoms with Gasteiger partial charge in [0.2, 0.25) is 0 Å². The zero-order valence-corrected chi connectivity index (χ0v) is 34.4. The number of carbonyl (C=O) groups is 2. The summed E-state index contributed by atoms with van der Waals surface area (Å²) in [5.41, 5.74) is 7.49. The number of aliphatic carboxylic acids is 1. The number of aromatic nitrogens is 3. The van der Waals surface area contributed by atoms with Crippen molar-refractivity contribution in [1.29, 1.82) is 0 Å². The highest BCUT2D eigenvalue weighted by atomic mass is 19.1. The fourth-order valence-electron chi connectivity index (χ4n) is 10.0. The van der Waals surface area contributed by atoms with E-state index >= 15 is 4.39 Å². The van der Waals surface area contributed by atoms with Crippen LogP contribution in [0, 0.1) is 24.7 Å². The lowest BCUT2D eigenvalue weighted by Gasteiger charge is -2.32. The first-order valence-electron chi connectivity index (χ1n) is 20.8. The summed E-state index contributed by atoms with van der Waals surface area (Å²) in [5, 5.41) is 26.5. The number of carboxylic acid groups (broad SMARTS) is 1. The van der Waals surface area contributed by atoms with E-state index in [4.69, 9.17) is 14.5 Å². The highest BCUT2D eigenvalue weighted by Crippen LogP contribution is 2.63. The van der Waals surface area contributed by atoms with E-state index < -0.39 is 23.3 Å². The summed E-state index contributed by atoms with van der Waals surface area (Å²) in [4.78, 5) is 37.5. The summed E-state index contributed by atoms with van der Waals surface area (Å²) in [7, 11) is 3.44. The summed E-state index contributed by atoms with van der Waals surface area (Å²) < 4.78 is 28.7. The van der Waals surface area contributed by atoms with Crippen molar-refractivity contribution in [3.63, 3.8) is 0 Å². The second kappa shape index (κ2) is 16.6. The van der Waals surface area contributed by atoms with Gasteiger partial charge >= 0.3 is 5.97 Å². The van der Waals surface area contributed by atoms with Crippen LogP contribution in [0.1, 0.15) is 94.9 Å². The second-order valence-electron chi connectivity index (χ2n) is 17.2. The van der Waals surface area contributed by atoms with Crippen LogP contribution in [0.5, 0.6) is 5.75 Å². The third-order valence-electron chi connectivity index (χ3n) is 13.8. The molecule has 312 valence electrons. The molecule has 2 bridgehead atoms. The van der Waals surface area contributed by atoms with Gasteiger partial charge in [-0.2, -0.15) is 0 Å². The smallest absolute Gasteiger partial charge is 0.309 e. The van der Waals surface area contributed by atoms with Crippen molar-refractivity contribution in [2.24, 2.45) is 17.9 Å². The van der Waals surface area contributed by atoms with Crippen molar-refractivity contribution in [3.8, 4) is 16.9 Å². The van der Waals surface area contributed by atoms with Crippen molar-refractivity contribution < 1.29 is 33.7 Å². The first-order chi connectivity index (χ1) is 28.4. The van der Waals surface area contributed by atoms with Crippen molar-refractivity contribution in [3.05, 3.63) is 93.8 Å². The highest BCUT2D eigenvalue weighted by Gasteiger charge is 2.57. The number of aliphatic hydroxyl groups is 1. The minimum Gasteiger partial charge on any atom is -0.496 e. The van der Waals surface area contributed by atoms with E-state index in [0.717, 1.165) is 97.2 Å². The topological polar surface area (TPSA) is 151 Å². The number of benzene rings is 2. The number of hydrogen-bond donors (Lipinski definition) is 4. The monoisotopic (exact) mass is 806 g/mol. The third-order valence-corrected chi connectivity index (χ3v) is 13.8. The van der Waals surface area contributed by atoms with E-state index in [1.165, 1.54) is 6.08 Å². The zero-order chi connectivity index (χ0) is 41.5. The Kier molecular flexibility index (Phi) is 11.5. The van der Waals surface area contributed by atoms with Crippen LogP contribution in [-0.4, -0.2) is 87.1 Å². The number of pyridine rings is 1. The predicted octanol–water partition coefficient (Wildman–Crippen LogP) is 6.85. The normalized spacial score (nSPS) is 24.3. The molecule has 2 aromatic carbocycles. The number of ether oxygens (including phenoxy) is 2. The third kappa shape index (κ3) is 8.05. The number of imidazole rings is 1. The van der Waals surface area contributed by atoms with Gasteiger partial charge in [-0.15, -0.1) is 0 Å². The van der Waals surface area contributed by atoms with Crippen LogP contribution in [0.15, 0.2) is 48.7 Å². The van der Waals surface area contributed by atoms with Crippen LogP contribution in [0.25, 0.3) is 23.0 Å². The van der Waals surface area contributed by atoms with Gasteiger partial charge in [0.05, 0.1) is 30.9 Å². The number of anilines is 1. The molecule has 1 amide bonds. The van der Waals surface area contributed by atoms with Gasteiger partial charge in [-0.05, 0) is 111 Å². The molecule has 12 nitrogen and oxygen atoms in total. The maximum absolute atomic E-state index is 15.9. The van der Waals surface area contributed by atoms with E-state index in [9.17, 15) is 19.8 Å². The molecule has 2 aliphatic heterocycles. The predicted molar refractivity (Wildman–Crippen MR) is 224 cm³/mol. The standard InChI is InChI=1S/C46H55FN6O6/c1-28-30(21-34(47)37-22-41(58-4)31(24-49-37)23-48-36-12-20-59-26-40(36)54)7-5-8-32(28)33-9-6-10-35(29(33)2)51-43(55)42-50-38-25-53(18-11-39(38)52(42)3)19-17-45-13-15-46(27-45,16-14-45)44(56)57/h5-10,21-22,24,36,40,48,54H,11-20,23,25-27H2,1-4H3,(H,51,55)(H,56,57)/b34-21-/t36-,40-,45?,46?/m0/s1. The number of nitrogens with zero attached hydrogens (tertiary/aromatic N) is 4. The molecule has 2 aromatic heterocycles. The van der Waals surface area contributed by atoms with Crippen LogP contribution in [0.3, 0.4) is 0 Å². The van der Waals surface area contributed by atoms with Crippen molar-refractivity contribution in [2.45, 2.75) is 90.4 Å². The molecule has 4 aromatic rings. The van der Waals surface area contributed by atoms with E-state index in [2.05, 4.69) is 20.5 Å². The van der Waals surface area contributed by atoms with Crippen LogP contribution in [-0.2, 0) is 36.1 Å². The molecule has 0 spiro atoms. The minimum absolute atomic E-state index is 0.106. The maximum Gasteiger partial charge on any atom is 0.309 e. The van der Waals surface area contributed by atoms with Gasteiger partial charge in [-0.1, -0.05) is 30.3 Å². The molecule has 1 saturated heterocycles. The summed E-state index contributed by atoms with van der Waals surface area (Å²) in [6, 6.07) is 13.0. The molecule has 4 N–H and O–H groups in total. The van der Waals surface area contributed by atoms with Crippen molar-refractivity contribution in [2.75, 3.05) is 38.7 Å². The molecule has 2 aliphatic carbocycles. The average Bonchev–Trinajstić information content (AvgIpc) is 3.92. The van der Waals surface area contributed by atoms with E-state index in [0.29, 0.717) is 55.5 Å². The molecule has 2 atom stereocenters. The number of carbonyl (C=O) groups excluding carboxylic acids is 1. The first-order valence-corrected chi connectivity index (χ1v) is 20.8. The first kappa shape index (κ1) is 40.8. The molecule has 0 unspecified atom stereocenters. The number of aliphatic hydroxyl groups excluding tert-OH is 1. The fourth-order valence-corrected chi connectivity index (χ4v) is 10.0. The number of nitrogens with one attached hydrogen (secondary N) is 2. The average molecular weight is 807 g/mol. The number of hydrogen-bond acceptors (Lipinski definition) is 9. The van der Waals surface area contributed by atoms with Crippen molar-refractivity contribution >= 4 is 29.5 Å². The second-order valence-corrected chi connectivity index (χ2v) is 17.2. The zero-order valence-electron chi connectivity index (χ0n) is 34.4. The molecule has 4 aliphatic rings. The Morgan fingerprint density at radius 2 is 1.86 bits per heavy atom. The Labute approximate surface area is 344 Å². The number of halogens is 1. The van der Waals surface area contributed by atoms with Crippen molar-refractivity contribution in [1.82, 2.24) is 24.8 Å².